The van der Waals surface area contributed by atoms with Crippen LogP contribution in [0.5, 0.6) is 5.75 Å². The van der Waals surface area contributed by atoms with Gasteiger partial charge in [-0.25, -0.2) is 0 Å². The molecule has 5 heteroatoms. The van der Waals surface area contributed by atoms with Crippen molar-refractivity contribution in [2.24, 2.45) is 0 Å². The van der Waals surface area contributed by atoms with Crippen LogP contribution in [-0.4, -0.2) is 37.6 Å². The van der Waals surface area contributed by atoms with Gasteiger partial charge in [-0.2, -0.15) is 0 Å². The largest absolute Gasteiger partial charge is 0.497 e. The van der Waals surface area contributed by atoms with Gasteiger partial charge in [-0.05, 0) is 43.2 Å². The van der Waals surface area contributed by atoms with E-state index >= 15 is 0 Å². The van der Waals surface area contributed by atoms with Gasteiger partial charge in [-0.1, -0.05) is 12.1 Å². The molecule has 24 heavy (non-hydrogen) atoms. The molecule has 2 heterocycles. The van der Waals surface area contributed by atoms with Crippen LogP contribution in [0.25, 0.3) is 0 Å². The number of nitrogens with one attached hydrogen (secondary N) is 1. The van der Waals surface area contributed by atoms with Gasteiger partial charge in [0.15, 0.2) is 0 Å². The van der Waals surface area contributed by atoms with Gasteiger partial charge >= 0.3 is 0 Å². The topological polar surface area (TPSA) is 54.5 Å². The lowest BCUT2D eigenvalue weighted by Crippen LogP contribution is -2.25. The van der Waals surface area contributed by atoms with E-state index in [1.165, 1.54) is 5.56 Å². The predicted octanol–water partition coefficient (Wildman–Crippen LogP) is 2.83. The van der Waals surface area contributed by atoms with Crippen molar-refractivity contribution in [3.63, 3.8) is 0 Å². The predicted molar refractivity (Wildman–Crippen MR) is 94.8 cm³/mol. The van der Waals surface area contributed by atoms with Crippen molar-refractivity contribution < 1.29 is 9.53 Å². The van der Waals surface area contributed by atoms with Gasteiger partial charge in [0.1, 0.15) is 11.4 Å². The molecule has 3 rings (SSSR count). The average Bonchev–Trinajstić information content (AvgIpc) is 3.12. The van der Waals surface area contributed by atoms with Crippen molar-refractivity contribution in [3.05, 3.63) is 53.9 Å². The normalized spacial score (nSPS) is 16.9. The zero-order chi connectivity index (χ0) is 16.9. The molecule has 5 nitrogen and oxygen atoms in total. The van der Waals surface area contributed by atoms with Crippen molar-refractivity contribution in [2.75, 3.05) is 31.6 Å². The van der Waals surface area contributed by atoms with Crippen LogP contribution in [-0.2, 0) is 0 Å². The zero-order valence-electron chi connectivity index (χ0n) is 14.2. The Balaban J connectivity index is 1.71. The van der Waals surface area contributed by atoms with E-state index in [9.17, 15) is 4.79 Å². The Labute approximate surface area is 142 Å². The van der Waals surface area contributed by atoms with Gasteiger partial charge in [0, 0.05) is 37.4 Å². The second-order valence-electron chi connectivity index (χ2n) is 5.96. The molecule has 1 atom stereocenters. The summed E-state index contributed by atoms with van der Waals surface area (Å²) in [5, 5.41) is 2.79. The highest BCUT2D eigenvalue weighted by Crippen LogP contribution is 2.31. The van der Waals surface area contributed by atoms with Crippen LogP contribution in [0, 0.1) is 0 Å². The highest BCUT2D eigenvalue weighted by atomic mass is 16.5. The number of aromatic nitrogens is 1. The number of ether oxygens (including phenoxy) is 1. The van der Waals surface area contributed by atoms with Gasteiger partial charge in [-0.15, -0.1) is 0 Å². The molecule has 2 aromatic rings. The molecule has 1 N–H and O–H groups in total. The lowest BCUT2D eigenvalue weighted by molar-refractivity contribution is 0.0951. The molecule has 0 aliphatic carbocycles. The molecule has 1 amide bonds. The Hall–Kier alpha value is -2.56. The number of anilines is 1. The minimum absolute atomic E-state index is 0.120. The van der Waals surface area contributed by atoms with E-state index in [2.05, 4.69) is 27.3 Å². The van der Waals surface area contributed by atoms with E-state index in [1.54, 1.807) is 13.3 Å². The highest BCUT2D eigenvalue weighted by molar-refractivity contribution is 5.93. The number of rotatable bonds is 5. The third-order valence-corrected chi connectivity index (χ3v) is 4.45. The molecule has 1 aromatic carbocycles. The number of benzene rings is 1. The first-order valence-electron chi connectivity index (χ1n) is 8.34. The first kappa shape index (κ1) is 16.3. The van der Waals surface area contributed by atoms with E-state index in [-0.39, 0.29) is 5.91 Å². The number of hydrogen-bond acceptors (Lipinski definition) is 4. The standard InChI is InChI=1S/C19H23N3O2/c1-3-20-19(23)18-12-16(8-10-21-18)22-11-9-15(13-22)14-4-6-17(24-2)7-5-14/h4-8,10,12,15H,3,9,11,13H2,1-2H3,(H,20,23). The lowest BCUT2D eigenvalue weighted by Gasteiger charge is -2.19. The number of pyridine rings is 1. The van der Waals surface area contributed by atoms with Crippen molar-refractivity contribution >= 4 is 11.6 Å². The summed E-state index contributed by atoms with van der Waals surface area (Å²) in [7, 11) is 1.68. The maximum atomic E-state index is 12.0. The summed E-state index contributed by atoms with van der Waals surface area (Å²) >= 11 is 0. The maximum absolute atomic E-state index is 12.0. The summed E-state index contributed by atoms with van der Waals surface area (Å²) in [4.78, 5) is 18.4. The summed E-state index contributed by atoms with van der Waals surface area (Å²) in [5.74, 6) is 1.26. The number of carbonyl (C=O) groups excluding carboxylic acids is 1. The Kier molecular flexibility index (Phi) is 4.99. The van der Waals surface area contributed by atoms with E-state index in [0.29, 0.717) is 18.2 Å². The van der Waals surface area contributed by atoms with Gasteiger partial charge in [0.05, 0.1) is 7.11 Å². The molecule has 1 aromatic heterocycles. The molecule has 1 fully saturated rings. The summed E-state index contributed by atoms with van der Waals surface area (Å²) < 4.78 is 5.22. The first-order valence-corrected chi connectivity index (χ1v) is 8.34. The summed E-state index contributed by atoms with van der Waals surface area (Å²) in [6.45, 7) is 4.44. The Morgan fingerprint density at radius 2 is 2.12 bits per heavy atom. The Bertz CT molecular complexity index is 700. The van der Waals surface area contributed by atoms with Crippen LogP contribution in [0.3, 0.4) is 0 Å². The molecule has 0 spiro atoms. The van der Waals surface area contributed by atoms with Crippen molar-refractivity contribution in [1.82, 2.24) is 10.3 Å². The van der Waals surface area contributed by atoms with Gasteiger partial charge in [0.2, 0.25) is 0 Å². The summed E-state index contributed by atoms with van der Waals surface area (Å²) in [6.07, 6.45) is 2.81. The SMILES string of the molecule is CCNC(=O)c1cc(N2CCC(c3ccc(OC)cc3)C2)ccn1. The molecule has 0 saturated carbocycles. The van der Waals surface area contributed by atoms with Crippen molar-refractivity contribution in [3.8, 4) is 5.75 Å². The maximum Gasteiger partial charge on any atom is 0.269 e. The second-order valence-corrected chi connectivity index (χ2v) is 5.96. The highest BCUT2D eigenvalue weighted by Gasteiger charge is 2.24. The van der Waals surface area contributed by atoms with E-state index < -0.39 is 0 Å². The molecule has 0 bridgehead atoms. The third-order valence-electron chi connectivity index (χ3n) is 4.45. The molecular formula is C19H23N3O2. The fourth-order valence-corrected chi connectivity index (χ4v) is 3.13. The van der Waals surface area contributed by atoms with Crippen LogP contribution >= 0.6 is 0 Å². The van der Waals surface area contributed by atoms with E-state index in [0.717, 1.165) is 30.9 Å². The fourth-order valence-electron chi connectivity index (χ4n) is 3.13. The van der Waals surface area contributed by atoms with E-state index in [1.807, 2.05) is 31.2 Å². The second kappa shape index (κ2) is 7.34. The Morgan fingerprint density at radius 3 is 2.83 bits per heavy atom. The first-order chi connectivity index (χ1) is 11.7. The Morgan fingerprint density at radius 1 is 1.33 bits per heavy atom. The van der Waals surface area contributed by atoms with Crippen LogP contribution in [0.1, 0.15) is 35.3 Å². The molecule has 1 aliphatic rings. The molecule has 126 valence electrons. The minimum atomic E-state index is -0.120. The average molecular weight is 325 g/mol. The monoisotopic (exact) mass is 325 g/mol. The molecule has 0 radical (unpaired) electrons. The van der Waals surface area contributed by atoms with E-state index in [4.69, 9.17) is 4.74 Å². The van der Waals surface area contributed by atoms with Crippen LogP contribution in [0.2, 0.25) is 0 Å². The smallest absolute Gasteiger partial charge is 0.269 e. The van der Waals surface area contributed by atoms with Gasteiger partial charge < -0.3 is 15.0 Å². The van der Waals surface area contributed by atoms with Gasteiger partial charge in [-0.3, -0.25) is 9.78 Å². The minimum Gasteiger partial charge on any atom is -0.497 e. The number of methoxy groups -OCH3 is 1. The van der Waals surface area contributed by atoms with Gasteiger partial charge in [0.25, 0.3) is 5.91 Å². The van der Waals surface area contributed by atoms with Crippen molar-refractivity contribution in [1.29, 1.82) is 0 Å². The quantitative estimate of drug-likeness (QED) is 0.918. The number of amides is 1. The lowest BCUT2D eigenvalue weighted by atomic mass is 9.98. The fraction of sp³-hybridized carbons (Fsp3) is 0.368. The van der Waals surface area contributed by atoms with Crippen LogP contribution in [0.4, 0.5) is 5.69 Å². The number of carbonyl (C=O) groups is 1. The molecule has 1 unspecified atom stereocenters. The van der Waals surface area contributed by atoms with Crippen LogP contribution < -0.4 is 15.0 Å². The van der Waals surface area contributed by atoms with Crippen molar-refractivity contribution in [2.45, 2.75) is 19.3 Å². The number of nitrogens with zero attached hydrogens (tertiary/aromatic N) is 2. The molecule has 1 aliphatic heterocycles. The van der Waals surface area contributed by atoms with Crippen LogP contribution in [0.15, 0.2) is 42.6 Å². The summed E-state index contributed by atoms with van der Waals surface area (Å²) in [5.41, 5.74) is 2.86. The summed E-state index contributed by atoms with van der Waals surface area (Å²) in [6, 6.07) is 12.1. The molecular weight excluding hydrogens is 302 g/mol. The number of hydrogen-bond donors (Lipinski definition) is 1. The zero-order valence-corrected chi connectivity index (χ0v) is 14.2. The third kappa shape index (κ3) is 3.50. The molecule has 1 saturated heterocycles.